The minimum Gasteiger partial charge on any atom is -0.371 e. The molecule has 0 N–H and O–H groups in total. The monoisotopic (exact) mass is 295 g/mol. The van der Waals surface area contributed by atoms with E-state index in [2.05, 4.69) is 15.9 Å². The molecule has 2 bridgehead atoms. The molecule has 0 spiro atoms. The van der Waals surface area contributed by atoms with Gasteiger partial charge in [0.2, 0.25) is 0 Å². The average molecular weight is 296 g/mol. The van der Waals surface area contributed by atoms with Crippen molar-refractivity contribution in [1.29, 1.82) is 0 Å². The molecule has 4 heteroatoms. The molecule has 1 aromatic rings. The van der Waals surface area contributed by atoms with Crippen molar-refractivity contribution in [2.75, 3.05) is 13.1 Å². The molecule has 3 nitrogen and oxygen atoms in total. The molecule has 0 radical (unpaired) electrons. The number of hydrogen-bond donors (Lipinski definition) is 0. The molecule has 2 aliphatic rings. The van der Waals surface area contributed by atoms with E-state index in [1.807, 2.05) is 29.2 Å². The zero-order valence-corrected chi connectivity index (χ0v) is 11.0. The minimum atomic E-state index is 0.117. The van der Waals surface area contributed by atoms with Crippen molar-refractivity contribution >= 4 is 21.8 Å². The number of ether oxygens (including phenoxy) is 1. The van der Waals surface area contributed by atoms with Crippen molar-refractivity contribution in [3.8, 4) is 0 Å². The van der Waals surface area contributed by atoms with Crippen LogP contribution in [0.1, 0.15) is 23.2 Å². The molecular weight excluding hydrogens is 282 g/mol. The molecule has 1 amide bonds. The number of likely N-dealkylation sites (tertiary alicyclic amines) is 1. The number of fused-ring (bicyclic) bond motifs is 2. The molecule has 2 fully saturated rings. The summed E-state index contributed by atoms with van der Waals surface area (Å²) in [5.41, 5.74) is 0.751. The van der Waals surface area contributed by atoms with Gasteiger partial charge in [-0.15, -0.1) is 0 Å². The molecule has 2 heterocycles. The predicted octanol–water partition coefficient (Wildman–Crippen LogP) is 2.45. The van der Waals surface area contributed by atoms with Crippen molar-refractivity contribution < 1.29 is 9.53 Å². The first-order valence-electron chi connectivity index (χ1n) is 5.92. The molecule has 2 saturated heterocycles. The van der Waals surface area contributed by atoms with Gasteiger partial charge < -0.3 is 9.64 Å². The van der Waals surface area contributed by atoms with Gasteiger partial charge in [0.25, 0.3) is 5.91 Å². The first-order valence-corrected chi connectivity index (χ1v) is 6.72. The highest BCUT2D eigenvalue weighted by Crippen LogP contribution is 2.27. The van der Waals surface area contributed by atoms with Crippen LogP contribution in [0, 0.1) is 0 Å². The van der Waals surface area contributed by atoms with Gasteiger partial charge in [-0.2, -0.15) is 0 Å². The van der Waals surface area contributed by atoms with Crippen molar-refractivity contribution in [1.82, 2.24) is 4.90 Å². The van der Waals surface area contributed by atoms with Crippen LogP contribution >= 0.6 is 15.9 Å². The maximum atomic E-state index is 12.3. The number of morpholine rings is 1. The molecule has 0 aliphatic carbocycles. The van der Waals surface area contributed by atoms with Crippen LogP contribution in [0.2, 0.25) is 0 Å². The zero-order valence-electron chi connectivity index (χ0n) is 9.43. The van der Waals surface area contributed by atoms with Gasteiger partial charge in [-0.05, 0) is 31.0 Å². The van der Waals surface area contributed by atoms with Crippen LogP contribution in [-0.2, 0) is 4.74 Å². The second-order valence-corrected chi connectivity index (χ2v) is 5.59. The van der Waals surface area contributed by atoms with Crippen molar-refractivity contribution in [2.24, 2.45) is 0 Å². The Morgan fingerprint density at radius 2 is 2.00 bits per heavy atom. The Morgan fingerprint density at radius 1 is 1.29 bits per heavy atom. The van der Waals surface area contributed by atoms with Crippen LogP contribution in [0.15, 0.2) is 28.7 Å². The molecule has 0 aromatic heterocycles. The molecule has 2 unspecified atom stereocenters. The van der Waals surface area contributed by atoms with E-state index in [1.54, 1.807) is 0 Å². The van der Waals surface area contributed by atoms with Crippen LogP contribution in [0.25, 0.3) is 0 Å². The van der Waals surface area contributed by atoms with E-state index in [-0.39, 0.29) is 18.1 Å². The molecule has 17 heavy (non-hydrogen) atoms. The summed E-state index contributed by atoms with van der Waals surface area (Å²) >= 11 is 3.40. The fourth-order valence-electron chi connectivity index (χ4n) is 2.58. The number of carbonyl (C=O) groups is 1. The Balaban J connectivity index is 1.78. The van der Waals surface area contributed by atoms with E-state index < -0.39 is 0 Å². The Kier molecular flexibility index (Phi) is 2.92. The van der Waals surface area contributed by atoms with Crippen molar-refractivity contribution in [3.63, 3.8) is 0 Å². The Bertz CT molecular complexity index is 437. The van der Waals surface area contributed by atoms with Gasteiger partial charge in [0, 0.05) is 23.1 Å². The Hall–Kier alpha value is -0.870. The van der Waals surface area contributed by atoms with Crippen LogP contribution in [0.3, 0.4) is 0 Å². The molecule has 3 rings (SSSR count). The molecule has 2 atom stereocenters. The number of benzene rings is 1. The van der Waals surface area contributed by atoms with E-state index in [1.165, 1.54) is 0 Å². The van der Waals surface area contributed by atoms with Gasteiger partial charge in [0.1, 0.15) is 0 Å². The van der Waals surface area contributed by atoms with E-state index in [4.69, 9.17) is 4.74 Å². The van der Waals surface area contributed by atoms with E-state index in [9.17, 15) is 4.79 Å². The molecular formula is C13H14BrNO2. The highest BCUT2D eigenvalue weighted by Gasteiger charge is 2.35. The Labute approximate surface area is 109 Å². The van der Waals surface area contributed by atoms with E-state index in [0.717, 1.165) is 36.0 Å². The molecule has 2 aliphatic heterocycles. The summed E-state index contributed by atoms with van der Waals surface area (Å²) in [6, 6.07) is 7.57. The summed E-state index contributed by atoms with van der Waals surface area (Å²) in [6.07, 6.45) is 2.69. The van der Waals surface area contributed by atoms with Crippen molar-refractivity contribution in [3.05, 3.63) is 34.3 Å². The third-order valence-electron chi connectivity index (χ3n) is 3.40. The summed E-state index contributed by atoms with van der Waals surface area (Å²) in [5, 5.41) is 0. The number of hydrogen-bond acceptors (Lipinski definition) is 2. The predicted molar refractivity (Wildman–Crippen MR) is 67.9 cm³/mol. The summed E-state index contributed by atoms with van der Waals surface area (Å²) < 4.78 is 6.68. The highest BCUT2D eigenvalue weighted by atomic mass is 79.9. The van der Waals surface area contributed by atoms with Crippen LogP contribution in [0.5, 0.6) is 0 Å². The van der Waals surface area contributed by atoms with Gasteiger partial charge in [-0.3, -0.25) is 4.79 Å². The van der Waals surface area contributed by atoms with E-state index in [0.29, 0.717) is 0 Å². The first-order chi connectivity index (χ1) is 8.22. The highest BCUT2D eigenvalue weighted by molar-refractivity contribution is 9.10. The van der Waals surface area contributed by atoms with Crippen LogP contribution in [-0.4, -0.2) is 36.1 Å². The lowest BCUT2D eigenvalue weighted by molar-refractivity contribution is -0.0303. The lowest BCUT2D eigenvalue weighted by Gasteiger charge is -2.32. The summed E-state index contributed by atoms with van der Waals surface area (Å²) in [5.74, 6) is 0.117. The van der Waals surface area contributed by atoms with Gasteiger partial charge in [-0.1, -0.05) is 22.0 Å². The van der Waals surface area contributed by atoms with Gasteiger partial charge in [0.05, 0.1) is 12.2 Å². The number of nitrogens with zero attached hydrogens (tertiary/aromatic N) is 1. The summed E-state index contributed by atoms with van der Waals surface area (Å²) in [6.45, 7) is 1.48. The SMILES string of the molecule is O=C(c1cccc(Br)c1)N1CC2CCC(C1)O2. The first kappa shape index (κ1) is 11.2. The topological polar surface area (TPSA) is 29.5 Å². The number of halogens is 1. The lowest BCUT2D eigenvalue weighted by atomic mass is 10.2. The standard InChI is InChI=1S/C13H14BrNO2/c14-10-3-1-2-9(6-10)13(16)15-7-11-4-5-12(8-15)17-11/h1-3,6,11-12H,4-5,7-8H2. The lowest BCUT2D eigenvalue weighted by Crippen LogP contribution is -2.45. The number of rotatable bonds is 1. The van der Waals surface area contributed by atoms with Gasteiger partial charge in [0.15, 0.2) is 0 Å². The Morgan fingerprint density at radius 3 is 2.65 bits per heavy atom. The second-order valence-electron chi connectivity index (χ2n) is 4.68. The quantitative estimate of drug-likeness (QED) is 0.796. The van der Waals surface area contributed by atoms with Crippen LogP contribution < -0.4 is 0 Å². The fourth-order valence-corrected chi connectivity index (χ4v) is 2.98. The number of amides is 1. The second kappa shape index (κ2) is 4.42. The molecule has 0 saturated carbocycles. The molecule has 1 aromatic carbocycles. The molecule has 90 valence electrons. The van der Waals surface area contributed by atoms with E-state index >= 15 is 0 Å². The fraction of sp³-hybridized carbons (Fsp3) is 0.462. The summed E-state index contributed by atoms with van der Waals surface area (Å²) in [4.78, 5) is 14.2. The van der Waals surface area contributed by atoms with Gasteiger partial charge in [-0.25, -0.2) is 0 Å². The zero-order chi connectivity index (χ0) is 11.8. The summed E-state index contributed by atoms with van der Waals surface area (Å²) in [7, 11) is 0. The largest absolute Gasteiger partial charge is 0.371 e. The number of carbonyl (C=O) groups excluding carboxylic acids is 1. The average Bonchev–Trinajstić information content (AvgIpc) is 2.67. The normalized spacial score (nSPS) is 27.2. The maximum Gasteiger partial charge on any atom is 0.254 e. The van der Waals surface area contributed by atoms with Crippen molar-refractivity contribution in [2.45, 2.75) is 25.0 Å². The third kappa shape index (κ3) is 2.24. The maximum absolute atomic E-state index is 12.3. The minimum absolute atomic E-state index is 0.117. The smallest absolute Gasteiger partial charge is 0.254 e. The third-order valence-corrected chi connectivity index (χ3v) is 3.90. The van der Waals surface area contributed by atoms with Crippen LogP contribution in [0.4, 0.5) is 0 Å². The van der Waals surface area contributed by atoms with Gasteiger partial charge >= 0.3 is 0 Å².